The third-order valence-electron chi connectivity index (χ3n) is 5.57. The van der Waals surface area contributed by atoms with E-state index < -0.39 is 5.72 Å². The van der Waals surface area contributed by atoms with E-state index in [1.807, 2.05) is 84.9 Å². The second-order valence-electron chi connectivity index (χ2n) is 7.02. The fraction of sp³-hybridized carbons (Fsp3) is 0.125. The monoisotopic (exact) mass is 353 g/mol. The van der Waals surface area contributed by atoms with Gasteiger partial charge in [-0.15, -0.1) is 0 Å². The van der Waals surface area contributed by atoms with Gasteiger partial charge in [0.25, 0.3) is 5.91 Å². The van der Waals surface area contributed by atoms with Crippen LogP contribution in [0.2, 0.25) is 0 Å². The fourth-order valence-corrected chi connectivity index (χ4v) is 4.38. The van der Waals surface area contributed by atoms with E-state index in [-0.39, 0.29) is 5.91 Å². The van der Waals surface area contributed by atoms with Crippen molar-refractivity contribution in [1.29, 1.82) is 0 Å². The molecule has 3 aromatic carbocycles. The minimum Gasteiger partial charge on any atom is -0.363 e. The molecule has 0 aromatic heterocycles. The molecule has 1 amide bonds. The molecule has 2 heterocycles. The van der Waals surface area contributed by atoms with Crippen LogP contribution in [0.15, 0.2) is 84.9 Å². The van der Waals surface area contributed by atoms with Crippen LogP contribution in [0.3, 0.4) is 0 Å². The molecular formula is C24H19NO2. The van der Waals surface area contributed by atoms with Crippen LogP contribution in [0.5, 0.6) is 0 Å². The number of amides is 1. The zero-order valence-electron chi connectivity index (χ0n) is 14.8. The zero-order valence-corrected chi connectivity index (χ0v) is 14.8. The molecule has 5 rings (SSSR count). The number of aliphatic hydroxyl groups is 1. The van der Waals surface area contributed by atoms with Gasteiger partial charge in [-0.1, -0.05) is 84.9 Å². The zero-order chi connectivity index (χ0) is 18.4. The van der Waals surface area contributed by atoms with Crippen molar-refractivity contribution in [3.05, 3.63) is 107 Å². The molecule has 0 bridgehead atoms. The van der Waals surface area contributed by atoms with Crippen LogP contribution in [-0.2, 0) is 16.9 Å². The molecule has 0 radical (unpaired) electrons. The number of nitrogens with zero attached hydrogens (tertiary/aromatic N) is 1. The largest absolute Gasteiger partial charge is 0.363 e. The van der Waals surface area contributed by atoms with Crippen molar-refractivity contribution in [2.75, 3.05) is 6.54 Å². The quantitative estimate of drug-likeness (QED) is 0.760. The maximum atomic E-state index is 13.4. The molecule has 0 aliphatic carbocycles. The second kappa shape index (κ2) is 5.93. The van der Waals surface area contributed by atoms with Crippen LogP contribution >= 0.6 is 0 Å². The molecular weight excluding hydrogens is 334 g/mol. The minimum atomic E-state index is -1.45. The SMILES string of the molecule is O=C1C(c2ccccc2)=C(c2ccccc2)[C@]2(O)c3ccccc3CCN12. The van der Waals surface area contributed by atoms with Crippen LogP contribution < -0.4 is 0 Å². The number of hydrogen-bond acceptors (Lipinski definition) is 2. The molecule has 0 fully saturated rings. The lowest BCUT2D eigenvalue weighted by Crippen LogP contribution is -2.49. The summed E-state index contributed by atoms with van der Waals surface area (Å²) in [5.41, 5.74) is 3.40. The smallest absolute Gasteiger partial charge is 0.257 e. The first-order valence-corrected chi connectivity index (χ1v) is 9.19. The Balaban J connectivity index is 1.86. The van der Waals surface area contributed by atoms with Crippen LogP contribution in [0, 0.1) is 0 Å². The predicted octanol–water partition coefficient (Wildman–Crippen LogP) is 3.84. The summed E-state index contributed by atoms with van der Waals surface area (Å²) in [4.78, 5) is 15.1. The average Bonchev–Trinajstić information content (AvgIpc) is 2.97. The van der Waals surface area contributed by atoms with Gasteiger partial charge in [-0.2, -0.15) is 0 Å². The van der Waals surface area contributed by atoms with Crippen molar-refractivity contribution in [1.82, 2.24) is 4.90 Å². The molecule has 1 N–H and O–H groups in total. The number of benzene rings is 3. The Morgan fingerprint density at radius 1 is 0.778 bits per heavy atom. The van der Waals surface area contributed by atoms with Crippen LogP contribution in [-0.4, -0.2) is 22.5 Å². The van der Waals surface area contributed by atoms with Gasteiger partial charge in [0.1, 0.15) is 0 Å². The maximum Gasteiger partial charge on any atom is 0.257 e. The lowest BCUT2D eigenvalue weighted by Gasteiger charge is -2.41. The van der Waals surface area contributed by atoms with Gasteiger partial charge in [0, 0.05) is 17.7 Å². The topological polar surface area (TPSA) is 40.5 Å². The van der Waals surface area contributed by atoms with Crippen molar-refractivity contribution in [2.45, 2.75) is 12.1 Å². The van der Waals surface area contributed by atoms with Crippen molar-refractivity contribution in [3.63, 3.8) is 0 Å². The maximum absolute atomic E-state index is 13.4. The molecule has 3 aromatic rings. The van der Waals surface area contributed by atoms with E-state index >= 15 is 0 Å². The van der Waals surface area contributed by atoms with E-state index in [0.717, 1.165) is 28.7 Å². The Morgan fingerprint density at radius 3 is 2.07 bits per heavy atom. The summed E-state index contributed by atoms with van der Waals surface area (Å²) < 4.78 is 0. The fourth-order valence-electron chi connectivity index (χ4n) is 4.38. The summed E-state index contributed by atoms with van der Waals surface area (Å²) in [7, 11) is 0. The third kappa shape index (κ3) is 2.22. The lowest BCUT2D eigenvalue weighted by atomic mass is 9.82. The molecule has 1 atom stereocenters. The summed E-state index contributed by atoms with van der Waals surface area (Å²) in [5.74, 6) is -0.114. The first-order valence-electron chi connectivity index (χ1n) is 9.19. The first-order chi connectivity index (χ1) is 13.2. The number of fused-ring (bicyclic) bond motifs is 3. The minimum absolute atomic E-state index is 0.114. The molecule has 2 aliphatic heterocycles. The Labute approximate surface area is 158 Å². The average molecular weight is 353 g/mol. The normalized spacial score (nSPS) is 21.2. The van der Waals surface area contributed by atoms with Crippen molar-refractivity contribution < 1.29 is 9.90 Å². The van der Waals surface area contributed by atoms with Gasteiger partial charge >= 0.3 is 0 Å². The van der Waals surface area contributed by atoms with Gasteiger partial charge < -0.3 is 10.0 Å². The highest BCUT2D eigenvalue weighted by atomic mass is 16.3. The van der Waals surface area contributed by atoms with E-state index in [1.54, 1.807) is 4.90 Å². The number of carbonyl (C=O) groups excluding carboxylic acids is 1. The van der Waals surface area contributed by atoms with Gasteiger partial charge in [-0.25, -0.2) is 0 Å². The molecule has 0 saturated carbocycles. The molecule has 0 spiro atoms. The van der Waals surface area contributed by atoms with E-state index in [4.69, 9.17) is 0 Å². The van der Waals surface area contributed by atoms with Crippen LogP contribution in [0.1, 0.15) is 22.3 Å². The van der Waals surface area contributed by atoms with Crippen LogP contribution in [0.25, 0.3) is 11.1 Å². The number of rotatable bonds is 2. The number of carbonyl (C=O) groups is 1. The van der Waals surface area contributed by atoms with Gasteiger partial charge in [0.05, 0.1) is 5.57 Å². The molecule has 2 aliphatic rings. The van der Waals surface area contributed by atoms with E-state index in [0.29, 0.717) is 17.7 Å². The summed E-state index contributed by atoms with van der Waals surface area (Å²) in [6.45, 7) is 0.499. The third-order valence-corrected chi connectivity index (χ3v) is 5.57. The molecule has 0 saturated heterocycles. The highest BCUT2D eigenvalue weighted by Gasteiger charge is 2.54. The lowest BCUT2D eigenvalue weighted by molar-refractivity contribution is -0.142. The molecule has 3 nitrogen and oxygen atoms in total. The van der Waals surface area contributed by atoms with Crippen molar-refractivity contribution in [3.8, 4) is 0 Å². The molecule has 3 heteroatoms. The second-order valence-corrected chi connectivity index (χ2v) is 7.02. The Kier molecular flexibility index (Phi) is 3.52. The Morgan fingerprint density at radius 2 is 1.37 bits per heavy atom. The molecule has 132 valence electrons. The van der Waals surface area contributed by atoms with E-state index in [1.165, 1.54) is 0 Å². The van der Waals surface area contributed by atoms with Crippen molar-refractivity contribution >= 4 is 17.1 Å². The van der Waals surface area contributed by atoms with Gasteiger partial charge in [-0.3, -0.25) is 4.79 Å². The van der Waals surface area contributed by atoms with Gasteiger partial charge in [0.15, 0.2) is 5.72 Å². The standard InChI is InChI=1S/C24H19NO2/c26-23-21(18-10-3-1-4-11-18)22(19-12-5-2-6-13-19)24(27)20-14-8-7-9-17(20)15-16-25(23)24/h1-14,27H,15-16H2/t24-/m1/s1. The highest BCUT2D eigenvalue weighted by molar-refractivity contribution is 6.31. The summed E-state index contributed by atoms with van der Waals surface area (Å²) in [6, 6.07) is 27.3. The molecule has 0 unspecified atom stereocenters. The van der Waals surface area contributed by atoms with Gasteiger partial charge in [0.2, 0.25) is 0 Å². The summed E-state index contributed by atoms with van der Waals surface area (Å²) >= 11 is 0. The number of hydrogen-bond donors (Lipinski definition) is 1. The highest BCUT2D eigenvalue weighted by Crippen LogP contribution is 2.52. The van der Waals surface area contributed by atoms with E-state index in [9.17, 15) is 9.90 Å². The Hall–Kier alpha value is -3.17. The summed E-state index contributed by atoms with van der Waals surface area (Å²) in [5, 5.41) is 12.0. The van der Waals surface area contributed by atoms with Crippen molar-refractivity contribution in [2.24, 2.45) is 0 Å². The predicted molar refractivity (Wildman–Crippen MR) is 105 cm³/mol. The van der Waals surface area contributed by atoms with E-state index in [2.05, 4.69) is 0 Å². The van der Waals surface area contributed by atoms with Crippen LogP contribution in [0.4, 0.5) is 0 Å². The summed E-state index contributed by atoms with van der Waals surface area (Å²) in [6.07, 6.45) is 0.744. The van der Waals surface area contributed by atoms with Gasteiger partial charge in [-0.05, 0) is 23.1 Å². The Bertz CT molecular complexity index is 1060. The first kappa shape index (κ1) is 16.0. The molecule has 27 heavy (non-hydrogen) atoms.